The van der Waals surface area contributed by atoms with Gasteiger partial charge in [-0.15, -0.1) is 11.3 Å². The van der Waals surface area contributed by atoms with E-state index in [-0.39, 0.29) is 91.8 Å². The van der Waals surface area contributed by atoms with Gasteiger partial charge in [0.2, 0.25) is 23.6 Å². The molecular formula is C59H72FN9O10S. The molecule has 7 amide bonds. The maximum absolute atomic E-state index is 14.7. The number of alkyl halides is 1. The molecule has 21 heteroatoms. The number of carbonyl (C=O) groups is 7. The molecule has 3 aliphatic rings. The molecular weight excluding hydrogens is 1050 g/mol. The van der Waals surface area contributed by atoms with E-state index in [9.17, 15) is 48.2 Å². The molecule has 0 spiro atoms. The molecule has 2 aromatic heterocycles. The van der Waals surface area contributed by atoms with Crippen LogP contribution in [0.1, 0.15) is 147 Å². The largest absolute Gasteiger partial charge is 0.507 e. The van der Waals surface area contributed by atoms with Crippen LogP contribution < -0.4 is 26.6 Å². The van der Waals surface area contributed by atoms with Gasteiger partial charge in [0.1, 0.15) is 17.8 Å². The second-order valence-electron chi connectivity index (χ2n) is 22.3. The number of nitrogens with one attached hydrogen (secondary N) is 5. The van der Waals surface area contributed by atoms with Crippen molar-refractivity contribution in [3.8, 4) is 27.5 Å². The van der Waals surface area contributed by atoms with Crippen LogP contribution in [0.5, 0.6) is 5.75 Å². The summed E-state index contributed by atoms with van der Waals surface area (Å²) in [5, 5.41) is 39.9. The number of unbranched alkanes of at least 4 members (excludes halogenated alkanes) is 4. The molecule has 5 atom stereocenters. The number of fused-ring (bicyclic) bond motifs is 1. The molecule has 2 fully saturated rings. The first-order valence-electron chi connectivity index (χ1n) is 27.5. The molecule has 19 nitrogen and oxygen atoms in total. The Bertz CT molecular complexity index is 3060. The van der Waals surface area contributed by atoms with Crippen molar-refractivity contribution in [3.05, 3.63) is 112 Å². The Morgan fingerprint density at radius 1 is 0.900 bits per heavy atom. The molecule has 0 radical (unpaired) electrons. The number of halogens is 1. The molecule has 0 bridgehead atoms. The van der Waals surface area contributed by atoms with Crippen LogP contribution in [0.15, 0.2) is 82.8 Å². The molecule has 3 heterocycles. The number of amides is 7. The first-order valence-corrected chi connectivity index (χ1v) is 28.3. The van der Waals surface area contributed by atoms with Crippen LogP contribution in [0, 0.1) is 12.3 Å². The van der Waals surface area contributed by atoms with E-state index in [1.165, 1.54) is 44.9 Å². The Kier molecular flexibility index (Phi) is 18.9. The van der Waals surface area contributed by atoms with Gasteiger partial charge in [-0.25, -0.2) is 9.37 Å². The molecule has 5 aromatic rings. The Labute approximate surface area is 468 Å². The molecule has 1 saturated carbocycles. The quantitative estimate of drug-likeness (QED) is 0.0315. The predicted molar refractivity (Wildman–Crippen MR) is 298 cm³/mol. The maximum Gasteiger partial charge on any atom is 0.273 e. The fourth-order valence-electron chi connectivity index (χ4n) is 10.2. The molecule has 2 aliphatic carbocycles. The zero-order valence-corrected chi connectivity index (χ0v) is 46.8. The van der Waals surface area contributed by atoms with Crippen LogP contribution in [0.25, 0.3) is 21.8 Å². The number of phenolic OH excluding ortho intramolecular Hbond substituents is 1. The number of likely N-dealkylation sites (tertiary alicyclic amines) is 1. The molecule has 2 unspecified atom stereocenters. The van der Waals surface area contributed by atoms with Crippen LogP contribution in [-0.4, -0.2) is 129 Å². The van der Waals surface area contributed by atoms with E-state index < -0.39 is 58.9 Å². The lowest BCUT2D eigenvalue weighted by atomic mass is 9.85. The average molecular weight is 1120 g/mol. The summed E-state index contributed by atoms with van der Waals surface area (Å²) in [6.45, 7) is 7.74. The second-order valence-corrected chi connectivity index (χ2v) is 23.2. The molecule has 8 rings (SSSR count). The first kappa shape index (κ1) is 58.6. The summed E-state index contributed by atoms with van der Waals surface area (Å²) in [6.07, 6.45) is 4.63. The van der Waals surface area contributed by atoms with Gasteiger partial charge in [-0.05, 0) is 85.3 Å². The Balaban J connectivity index is 0.744. The highest BCUT2D eigenvalue weighted by Crippen LogP contribution is 2.41. The van der Waals surface area contributed by atoms with E-state index in [4.69, 9.17) is 4.52 Å². The van der Waals surface area contributed by atoms with Crippen LogP contribution in [0.3, 0.4) is 0 Å². The Morgan fingerprint density at radius 2 is 1.61 bits per heavy atom. The van der Waals surface area contributed by atoms with Gasteiger partial charge in [-0.2, -0.15) is 0 Å². The lowest BCUT2D eigenvalue weighted by Crippen LogP contribution is -2.59. The van der Waals surface area contributed by atoms with Crippen LogP contribution in [-0.2, 0) is 30.4 Å². The van der Waals surface area contributed by atoms with Gasteiger partial charge in [0.25, 0.3) is 17.7 Å². The number of β-amino-alcohol motifs (C(OH)–C–C–N with tert-alkyl or cyclic N) is 1. The molecule has 1 aliphatic heterocycles. The van der Waals surface area contributed by atoms with E-state index in [1.807, 2.05) is 49.4 Å². The van der Waals surface area contributed by atoms with Gasteiger partial charge in [0.05, 0.1) is 46.3 Å². The van der Waals surface area contributed by atoms with Gasteiger partial charge in [-0.1, -0.05) is 99.8 Å². The number of nitrogens with zero attached hydrogens (tertiary/aromatic N) is 4. The zero-order chi connectivity index (χ0) is 57.3. The summed E-state index contributed by atoms with van der Waals surface area (Å²) in [5.74, 6) is -3.37. The number of rotatable bonds is 24. The summed E-state index contributed by atoms with van der Waals surface area (Å²) >= 11 is 1.50. The lowest BCUT2D eigenvalue weighted by molar-refractivity contribution is -0.145. The standard InChI is InChI=1S/C59H72FN9O10S/c1-35-51(80-34-63-35)38-18-16-37(17-19-38)44(65-54(75)46-30-40(70)33-69(46)56(77)52(58(2,3)4)66-57(78)59(60)24-25-59)32-50(73)61-26-12-8-6-7-9-15-49(72)62-27-28-68(5)55(76)42-22-20-39(29-47(42)71)48-31-45(67-79-48)53(74)64-43-23-21-36-13-10-11-14-41(36)43/h10-11,13-14,16-20,22,29,31,34,40,43-44,46,52,70-71H,6-9,12,15,21,23-28,30,32-33H2,1-5H3,(H,61,73)(H,62,72)(H,64,74)(H,65,75)(H,66,78)/t40-,43-,44?,46+,52?/m1/s1. The highest BCUT2D eigenvalue weighted by molar-refractivity contribution is 7.13. The van der Waals surface area contributed by atoms with Crippen molar-refractivity contribution >= 4 is 52.7 Å². The second kappa shape index (κ2) is 25.7. The molecule has 80 heavy (non-hydrogen) atoms. The Morgan fingerprint density at radius 3 is 2.33 bits per heavy atom. The molecule has 426 valence electrons. The minimum Gasteiger partial charge on any atom is -0.507 e. The summed E-state index contributed by atoms with van der Waals surface area (Å²) in [4.78, 5) is 101. The van der Waals surface area contributed by atoms with Gasteiger partial charge in [-0.3, -0.25) is 33.6 Å². The number of likely N-dealkylation sites (N-methyl/N-ethyl adjacent to an activating group) is 1. The number of aryl methyl sites for hydroxylation is 2. The van der Waals surface area contributed by atoms with Crippen LogP contribution in [0.4, 0.5) is 4.39 Å². The monoisotopic (exact) mass is 1120 g/mol. The fourth-order valence-corrected chi connectivity index (χ4v) is 11.0. The number of aromatic nitrogens is 2. The number of thiazole rings is 1. The maximum atomic E-state index is 14.7. The van der Waals surface area contributed by atoms with Crippen molar-refractivity contribution in [2.45, 2.75) is 141 Å². The van der Waals surface area contributed by atoms with Crippen molar-refractivity contribution in [1.29, 1.82) is 0 Å². The van der Waals surface area contributed by atoms with Gasteiger partial charge >= 0.3 is 0 Å². The van der Waals surface area contributed by atoms with Gasteiger partial charge in [0, 0.05) is 57.7 Å². The van der Waals surface area contributed by atoms with Crippen LogP contribution in [0.2, 0.25) is 0 Å². The number of aromatic hydroxyl groups is 1. The third kappa shape index (κ3) is 14.6. The zero-order valence-electron chi connectivity index (χ0n) is 45.9. The van der Waals surface area contributed by atoms with Crippen molar-refractivity contribution in [2.75, 3.05) is 33.2 Å². The first-order chi connectivity index (χ1) is 38.2. The van der Waals surface area contributed by atoms with Gasteiger partial charge in [0.15, 0.2) is 17.1 Å². The number of aliphatic hydroxyl groups excluding tert-OH is 1. The molecule has 1 saturated heterocycles. The summed E-state index contributed by atoms with van der Waals surface area (Å²) < 4.78 is 20.2. The minimum absolute atomic E-state index is 0.0600. The van der Waals surface area contributed by atoms with Crippen molar-refractivity contribution in [3.63, 3.8) is 0 Å². The number of benzene rings is 3. The molecule has 3 aromatic carbocycles. The number of aliphatic hydroxyl groups is 1. The van der Waals surface area contributed by atoms with Crippen molar-refractivity contribution < 1.29 is 52.7 Å². The van der Waals surface area contributed by atoms with Crippen molar-refractivity contribution in [2.24, 2.45) is 5.41 Å². The van der Waals surface area contributed by atoms with Crippen LogP contribution >= 0.6 is 11.3 Å². The van der Waals surface area contributed by atoms with E-state index >= 15 is 0 Å². The third-order valence-corrected chi connectivity index (χ3v) is 16.1. The number of hydrogen-bond donors (Lipinski definition) is 7. The smallest absolute Gasteiger partial charge is 0.273 e. The van der Waals surface area contributed by atoms with E-state index in [0.717, 1.165) is 53.8 Å². The summed E-state index contributed by atoms with van der Waals surface area (Å²) in [5.41, 5.74) is 4.22. The summed E-state index contributed by atoms with van der Waals surface area (Å²) in [7, 11) is 1.57. The fraction of sp³-hybridized carbons (Fsp3) is 0.475. The lowest BCUT2D eigenvalue weighted by Gasteiger charge is -2.36. The van der Waals surface area contributed by atoms with E-state index in [2.05, 4.69) is 42.8 Å². The molecule has 7 N–H and O–H groups in total. The normalized spacial score (nSPS) is 17.9. The SMILES string of the molecule is Cc1ncsc1-c1ccc(C(CC(=O)NCCCCCCCC(=O)NCCN(C)C(=O)c2ccc(-c3cc(C(=O)N[C@@H]4CCc5ccccc54)no3)cc2O)NC(=O)[C@@H]2C[C@@H](O)CN2C(=O)C(NC(=O)C2(F)CC2)C(C)(C)C)cc1. The van der Waals surface area contributed by atoms with Crippen molar-refractivity contribution in [1.82, 2.24) is 46.5 Å². The average Bonchev–Trinajstić information content (AvgIpc) is 3.93. The predicted octanol–water partition coefficient (Wildman–Crippen LogP) is 6.78. The topological polar surface area (TPSA) is 265 Å². The summed E-state index contributed by atoms with van der Waals surface area (Å²) in [6, 6.07) is 18.2. The highest BCUT2D eigenvalue weighted by Gasteiger charge is 2.53. The van der Waals surface area contributed by atoms with E-state index in [0.29, 0.717) is 36.9 Å². The van der Waals surface area contributed by atoms with E-state index in [1.54, 1.807) is 39.4 Å². The number of phenols is 1. The Hall–Kier alpha value is -7.52. The highest BCUT2D eigenvalue weighted by atomic mass is 32.1. The number of hydrogen-bond acceptors (Lipinski definition) is 13. The third-order valence-electron chi connectivity index (χ3n) is 15.1. The number of carbonyl (C=O) groups excluding carboxylic acids is 7. The van der Waals surface area contributed by atoms with Gasteiger partial charge < -0.3 is 51.1 Å². The minimum atomic E-state index is -2.02.